The highest BCUT2D eigenvalue weighted by atomic mass is 35.5. The SMILES string of the molecule is Cc1ccc(NC(=O)c2cc(Cl)c(O)c(Cl)c2)c2c(=O)n(C(O)(O)c3ccccc3C(F)(F)F)c(C)nc12. The Hall–Kier alpha value is -3.64. The van der Waals surface area contributed by atoms with E-state index in [1.165, 1.54) is 19.1 Å². The summed E-state index contributed by atoms with van der Waals surface area (Å²) in [6.07, 6.45) is -4.96. The van der Waals surface area contributed by atoms with Gasteiger partial charge in [-0.1, -0.05) is 47.5 Å². The molecule has 0 unspecified atom stereocenters. The van der Waals surface area contributed by atoms with Crippen LogP contribution in [0.25, 0.3) is 10.9 Å². The van der Waals surface area contributed by atoms with E-state index in [0.717, 1.165) is 30.3 Å². The van der Waals surface area contributed by atoms with Crippen molar-refractivity contribution in [3.63, 3.8) is 0 Å². The molecule has 4 rings (SSSR count). The Morgan fingerprint density at radius 1 is 1.00 bits per heavy atom. The lowest BCUT2D eigenvalue weighted by atomic mass is 10.0. The Bertz CT molecular complexity index is 1650. The fourth-order valence-electron chi connectivity index (χ4n) is 4.03. The molecule has 1 heterocycles. The van der Waals surface area contributed by atoms with Crippen LogP contribution in [0.2, 0.25) is 10.0 Å². The van der Waals surface area contributed by atoms with Gasteiger partial charge in [0.2, 0.25) is 0 Å². The largest absolute Gasteiger partial charge is 0.505 e. The molecular weight excluding hydrogens is 550 g/mol. The number of hydrogen-bond acceptors (Lipinski definition) is 6. The first-order chi connectivity index (χ1) is 17.6. The third-order valence-corrected chi connectivity index (χ3v) is 6.40. The number of anilines is 1. The van der Waals surface area contributed by atoms with Crippen molar-refractivity contribution in [1.29, 1.82) is 0 Å². The van der Waals surface area contributed by atoms with Crippen molar-refractivity contribution in [2.45, 2.75) is 25.9 Å². The van der Waals surface area contributed by atoms with E-state index < -0.39 is 40.4 Å². The predicted octanol–water partition coefficient (Wildman–Crippen LogP) is 4.94. The maximum absolute atomic E-state index is 13.7. The van der Waals surface area contributed by atoms with Gasteiger partial charge < -0.3 is 20.6 Å². The molecule has 0 aliphatic carbocycles. The van der Waals surface area contributed by atoms with Crippen LogP contribution >= 0.6 is 23.2 Å². The van der Waals surface area contributed by atoms with Crippen LogP contribution in [0.5, 0.6) is 5.75 Å². The molecular formula is C25H18Cl2F3N3O5. The smallest absolute Gasteiger partial charge is 0.416 e. The van der Waals surface area contributed by atoms with Crippen LogP contribution in [0, 0.1) is 13.8 Å². The maximum Gasteiger partial charge on any atom is 0.416 e. The Labute approximate surface area is 222 Å². The summed E-state index contributed by atoms with van der Waals surface area (Å²) in [4.78, 5) is 30.8. The molecule has 0 aliphatic heterocycles. The van der Waals surface area contributed by atoms with Gasteiger partial charge in [0, 0.05) is 11.1 Å². The highest BCUT2D eigenvalue weighted by molar-refractivity contribution is 6.37. The van der Waals surface area contributed by atoms with Gasteiger partial charge in [0.1, 0.15) is 5.82 Å². The molecule has 38 heavy (non-hydrogen) atoms. The van der Waals surface area contributed by atoms with Gasteiger partial charge in [-0.2, -0.15) is 13.2 Å². The number of aryl methyl sites for hydroxylation is 2. The van der Waals surface area contributed by atoms with Crippen molar-refractivity contribution in [3.8, 4) is 5.75 Å². The summed E-state index contributed by atoms with van der Waals surface area (Å²) in [5, 5.41) is 33.5. The lowest BCUT2D eigenvalue weighted by Gasteiger charge is -2.29. The van der Waals surface area contributed by atoms with Gasteiger partial charge in [0.15, 0.2) is 5.75 Å². The van der Waals surface area contributed by atoms with Crippen LogP contribution in [-0.2, 0) is 12.1 Å². The van der Waals surface area contributed by atoms with E-state index >= 15 is 0 Å². The summed E-state index contributed by atoms with van der Waals surface area (Å²) in [5.41, 5.74) is -3.15. The summed E-state index contributed by atoms with van der Waals surface area (Å²) in [7, 11) is 0. The topological polar surface area (TPSA) is 125 Å². The molecule has 8 nitrogen and oxygen atoms in total. The van der Waals surface area contributed by atoms with E-state index in [0.29, 0.717) is 16.2 Å². The second-order valence-electron chi connectivity index (χ2n) is 8.37. The molecule has 0 atom stereocenters. The molecule has 0 fully saturated rings. The van der Waals surface area contributed by atoms with Gasteiger partial charge in [0.05, 0.1) is 32.2 Å². The summed E-state index contributed by atoms with van der Waals surface area (Å²) < 4.78 is 41.2. The normalized spacial score (nSPS) is 12.1. The molecule has 1 aromatic heterocycles. The average Bonchev–Trinajstić information content (AvgIpc) is 2.83. The molecule has 0 saturated carbocycles. The van der Waals surface area contributed by atoms with Crippen molar-refractivity contribution in [3.05, 3.63) is 97.0 Å². The lowest BCUT2D eigenvalue weighted by Crippen LogP contribution is -2.45. The number of aromatic nitrogens is 2. The zero-order valence-corrected chi connectivity index (χ0v) is 21.1. The number of hydrogen-bond donors (Lipinski definition) is 4. The number of phenolic OH excluding ortho intramolecular Hbond substituents is 1. The number of benzene rings is 3. The highest BCUT2D eigenvalue weighted by Crippen LogP contribution is 2.37. The number of rotatable bonds is 4. The van der Waals surface area contributed by atoms with E-state index in [2.05, 4.69) is 10.3 Å². The quantitative estimate of drug-likeness (QED) is 0.259. The first kappa shape index (κ1) is 27.4. The minimum atomic E-state index is -4.96. The highest BCUT2D eigenvalue weighted by Gasteiger charge is 2.42. The summed E-state index contributed by atoms with van der Waals surface area (Å²) in [6, 6.07) is 8.85. The predicted molar refractivity (Wildman–Crippen MR) is 135 cm³/mol. The number of carbonyl (C=O) groups excluding carboxylic acids is 1. The zero-order valence-electron chi connectivity index (χ0n) is 19.6. The van der Waals surface area contributed by atoms with E-state index in [1.54, 1.807) is 6.92 Å². The third-order valence-electron chi connectivity index (χ3n) is 5.83. The van der Waals surface area contributed by atoms with Crippen LogP contribution in [0.15, 0.2) is 53.3 Å². The van der Waals surface area contributed by atoms with Crippen LogP contribution in [0.3, 0.4) is 0 Å². The van der Waals surface area contributed by atoms with Crippen molar-refractivity contribution in [2.24, 2.45) is 0 Å². The van der Waals surface area contributed by atoms with Gasteiger partial charge in [-0.25, -0.2) is 9.55 Å². The van der Waals surface area contributed by atoms with Crippen molar-refractivity contribution >= 4 is 45.7 Å². The Morgan fingerprint density at radius 2 is 1.58 bits per heavy atom. The number of alkyl halides is 3. The fourth-order valence-corrected chi connectivity index (χ4v) is 4.52. The van der Waals surface area contributed by atoms with E-state index in [4.69, 9.17) is 23.2 Å². The first-order valence-corrected chi connectivity index (χ1v) is 11.5. The molecule has 0 aliphatic rings. The number of nitrogens with one attached hydrogen (secondary N) is 1. The van der Waals surface area contributed by atoms with E-state index in [-0.39, 0.29) is 38.0 Å². The molecule has 4 N–H and O–H groups in total. The zero-order chi connectivity index (χ0) is 28.2. The van der Waals surface area contributed by atoms with Crippen LogP contribution < -0.4 is 10.9 Å². The number of aliphatic hydroxyl groups is 2. The maximum atomic E-state index is 13.7. The Kier molecular flexibility index (Phi) is 6.91. The number of aromatic hydroxyl groups is 1. The minimum absolute atomic E-state index is 0.0724. The molecule has 1 amide bonds. The minimum Gasteiger partial charge on any atom is -0.505 e. The second kappa shape index (κ2) is 9.59. The second-order valence-corrected chi connectivity index (χ2v) is 9.19. The standard InChI is InChI=1S/C25H18Cl2F3N3O5/c1-11-7-8-18(32-22(35)13-9-16(26)21(34)17(27)10-13)19-20(11)31-12(2)33(23(19)36)25(37,38)15-6-4-3-5-14(15)24(28,29)30/h3-10,34,37-38H,1-2H3,(H,32,35). The van der Waals surface area contributed by atoms with Crippen molar-refractivity contribution < 1.29 is 33.3 Å². The molecule has 198 valence electrons. The van der Waals surface area contributed by atoms with Crippen molar-refractivity contribution in [1.82, 2.24) is 9.55 Å². The number of phenols is 1. The summed E-state index contributed by atoms with van der Waals surface area (Å²) >= 11 is 11.8. The number of halogens is 5. The summed E-state index contributed by atoms with van der Waals surface area (Å²) in [5.74, 6) is -4.99. The molecule has 4 aromatic rings. The fraction of sp³-hybridized carbons (Fsp3) is 0.160. The molecule has 0 radical (unpaired) electrons. The molecule has 0 bridgehead atoms. The third kappa shape index (κ3) is 4.69. The monoisotopic (exact) mass is 567 g/mol. The Balaban J connectivity index is 1.93. The number of amides is 1. The lowest BCUT2D eigenvalue weighted by molar-refractivity contribution is -0.203. The Morgan fingerprint density at radius 3 is 2.16 bits per heavy atom. The number of carbonyl (C=O) groups is 1. The van der Waals surface area contributed by atoms with Crippen LogP contribution in [0.4, 0.5) is 18.9 Å². The molecule has 13 heteroatoms. The summed E-state index contributed by atoms with van der Waals surface area (Å²) in [6.45, 7) is 2.83. The van der Waals surface area contributed by atoms with E-state index in [1.807, 2.05) is 0 Å². The number of fused-ring (bicyclic) bond motifs is 1. The average molecular weight is 568 g/mol. The van der Waals surface area contributed by atoms with Crippen LogP contribution in [0.1, 0.15) is 32.9 Å². The van der Waals surface area contributed by atoms with Gasteiger partial charge >= 0.3 is 6.18 Å². The van der Waals surface area contributed by atoms with Crippen LogP contribution in [-0.4, -0.2) is 30.8 Å². The molecule has 0 spiro atoms. The van der Waals surface area contributed by atoms with Gasteiger partial charge in [-0.15, -0.1) is 0 Å². The van der Waals surface area contributed by atoms with E-state index in [9.17, 15) is 38.1 Å². The van der Waals surface area contributed by atoms with Gasteiger partial charge in [-0.3, -0.25) is 9.59 Å². The molecule has 0 saturated heterocycles. The van der Waals surface area contributed by atoms with Gasteiger partial charge in [0.25, 0.3) is 17.4 Å². The number of nitrogens with zero attached hydrogens (tertiary/aromatic N) is 2. The first-order valence-electron chi connectivity index (χ1n) is 10.8. The molecule has 3 aromatic carbocycles. The van der Waals surface area contributed by atoms with Crippen molar-refractivity contribution in [2.75, 3.05) is 5.32 Å². The van der Waals surface area contributed by atoms with Gasteiger partial charge in [-0.05, 0) is 43.7 Å².